The van der Waals surface area contributed by atoms with Crippen LogP contribution >= 0.6 is 11.6 Å². The molecule has 128 valence electrons. The van der Waals surface area contributed by atoms with Gasteiger partial charge >= 0.3 is 0 Å². The predicted molar refractivity (Wildman–Crippen MR) is 94.8 cm³/mol. The van der Waals surface area contributed by atoms with E-state index in [0.29, 0.717) is 17.0 Å². The second kappa shape index (κ2) is 8.83. The molecule has 0 saturated carbocycles. The molecule has 1 amide bonds. The van der Waals surface area contributed by atoms with Crippen molar-refractivity contribution in [2.75, 3.05) is 0 Å². The number of nitrogens with one attached hydrogen (secondary N) is 1. The minimum atomic E-state index is -0.902. The molecule has 0 radical (unpaired) electrons. The summed E-state index contributed by atoms with van der Waals surface area (Å²) in [4.78, 5) is 12.1. The molecule has 4 nitrogen and oxygen atoms in total. The number of hydrogen-bond acceptors (Lipinski definition) is 3. The predicted octanol–water partition coefficient (Wildman–Crippen LogP) is 2.87. The first-order valence-electron chi connectivity index (χ1n) is 7.90. The Labute approximate surface area is 147 Å². The molecule has 0 bridgehead atoms. The lowest BCUT2D eigenvalue weighted by Gasteiger charge is -2.21. The molecule has 2 rings (SSSR count). The quantitative estimate of drug-likeness (QED) is 0.721. The highest BCUT2D eigenvalue weighted by atomic mass is 35.5. The zero-order valence-corrected chi connectivity index (χ0v) is 14.3. The van der Waals surface area contributed by atoms with E-state index in [9.17, 15) is 15.0 Å². The van der Waals surface area contributed by atoms with E-state index in [1.165, 1.54) is 0 Å². The maximum Gasteiger partial charge on any atom is 0.223 e. The van der Waals surface area contributed by atoms with Crippen LogP contribution in [-0.4, -0.2) is 28.3 Å². The number of amides is 1. The first-order chi connectivity index (χ1) is 11.5. The van der Waals surface area contributed by atoms with E-state index >= 15 is 0 Å². The Bertz CT molecular complexity index is 645. The summed E-state index contributed by atoms with van der Waals surface area (Å²) < 4.78 is 0. The number of carbonyl (C=O) groups excluding carboxylic acids is 1. The van der Waals surface area contributed by atoms with Gasteiger partial charge in [0.05, 0.1) is 24.7 Å². The van der Waals surface area contributed by atoms with E-state index in [-0.39, 0.29) is 12.3 Å². The van der Waals surface area contributed by atoms with E-state index < -0.39 is 18.2 Å². The minimum absolute atomic E-state index is 0.0654. The number of benzene rings is 2. The van der Waals surface area contributed by atoms with Crippen LogP contribution in [0.4, 0.5) is 0 Å². The number of carbonyl (C=O) groups is 1. The third-order valence-electron chi connectivity index (χ3n) is 3.89. The highest BCUT2D eigenvalue weighted by Gasteiger charge is 2.19. The van der Waals surface area contributed by atoms with Gasteiger partial charge in [0.2, 0.25) is 5.91 Å². The summed E-state index contributed by atoms with van der Waals surface area (Å²) in [5, 5.41) is 23.6. The van der Waals surface area contributed by atoms with Crippen LogP contribution in [0.3, 0.4) is 0 Å². The largest absolute Gasteiger partial charge is 0.391 e. The Kier molecular flexibility index (Phi) is 6.79. The molecule has 0 aromatic heterocycles. The molecule has 2 aromatic carbocycles. The molecule has 0 aliphatic carbocycles. The Balaban J connectivity index is 1.83. The number of aliphatic hydroxyl groups excluding tert-OH is 2. The molecular weight excluding hydrogens is 326 g/mol. The van der Waals surface area contributed by atoms with Gasteiger partial charge < -0.3 is 15.5 Å². The second-order valence-corrected chi connectivity index (χ2v) is 6.32. The lowest BCUT2D eigenvalue weighted by molar-refractivity contribution is -0.124. The van der Waals surface area contributed by atoms with Crippen LogP contribution in [0.15, 0.2) is 54.6 Å². The topological polar surface area (TPSA) is 69.6 Å². The average molecular weight is 348 g/mol. The molecule has 24 heavy (non-hydrogen) atoms. The lowest BCUT2D eigenvalue weighted by atomic mass is 10.0. The summed E-state index contributed by atoms with van der Waals surface area (Å²) in [5.41, 5.74) is 1.64. The first kappa shape index (κ1) is 18.5. The molecule has 5 heteroatoms. The van der Waals surface area contributed by atoms with Crippen molar-refractivity contribution < 1.29 is 15.0 Å². The third kappa shape index (κ3) is 5.64. The summed E-state index contributed by atoms with van der Waals surface area (Å²) in [6, 6.07) is 15.9. The third-order valence-corrected chi connectivity index (χ3v) is 4.14. The van der Waals surface area contributed by atoms with E-state index in [1.807, 2.05) is 30.3 Å². The molecule has 0 heterocycles. The van der Waals surface area contributed by atoms with Crippen molar-refractivity contribution in [3.05, 3.63) is 70.7 Å². The van der Waals surface area contributed by atoms with Gasteiger partial charge in [-0.2, -0.15) is 0 Å². The SMILES string of the molecule is CC(NC(=O)CC(O)c1ccc(Cl)cc1)C(O)Cc1ccccc1. The van der Waals surface area contributed by atoms with Crippen LogP contribution in [-0.2, 0) is 11.2 Å². The zero-order chi connectivity index (χ0) is 17.5. The molecule has 3 N–H and O–H groups in total. The van der Waals surface area contributed by atoms with Gasteiger partial charge in [-0.05, 0) is 30.2 Å². The van der Waals surface area contributed by atoms with Crippen molar-refractivity contribution in [3.63, 3.8) is 0 Å². The monoisotopic (exact) mass is 347 g/mol. The Morgan fingerprint density at radius 1 is 1.08 bits per heavy atom. The van der Waals surface area contributed by atoms with E-state index in [1.54, 1.807) is 31.2 Å². The molecule has 0 saturated heterocycles. The van der Waals surface area contributed by atoms with Crippen molar-refractivity contribution in [3.8, 4) is 0 Å². The van der Waals surface area contributed by atoms with Crippen molar-refractivity contribution in [1.29, 1.82) is 0 Å². The summed E-state index contributed by atoms with van der Waals surface area (Å²) >= 11 is 5.80. The van der Waals surface area contributed by atoms with E-state index in [0.717, 1.165) is 5.56 Å². The van der Waals surface area contributed by atoms with Crippen molar-refractivity contribution in [1.82, 2.24) is 5.32 Å². The van der Waals surface area contributed by atoms with Gasteiger partial charge in [-0.1, -0.05) is 54.1 Å². The molecule has 0 fully saturated rings. The van der Waals surface area contributed by atoms with Crippen LogP contribution in [0, 0.1) is 0 Å². The highest BCUT2D eigenvalue weighted by Crippen LogP contribution is 2.19. The van der Waals surface area contributed by atoms with Gasteiger partial charge in [-0.15, -0.1) is 0 Å². The molecule has 0 aliphatic heterocycles. The van der Waals surface area contributed by atoms with Crippen LogP contribution in [0.1, 0.15) is 30.6 Å². The fraction of sp³-hybridized carbons (Fsp3) is 0.316. The molecule has 0 spiro atoms. The fourth-order valence-electron chi connectivity index (χ4n) is 2.42. The molecule has 3 atom stereocenters. The Hall–Kier alpha value is -1.88. The fourth-order valence-corrected chi connectivity index (χ4v) is 2.55. The standard InChI is InChI=1S/C19H22ClNO3/c1-13(17(22)11-14-5-3-2-4-6-14)21-19(24)12-18(23)15-7-9-16(20)10-8-15/h2-10,13,17-18,22-23H,11-12H2,1H3,(H,21,24). The molecule has 3 unspecified atom stereocenters. The normalized spacial score (nSPS) is 14.7. The van der Waals surface area contributed by atoms with Crippen molar-refractivity contribution in [2.24, 2.45) is 0 Å². The summed E-state index contributed by atoms with van der Waals surface area (Å²) in [5.74, 6) is -0.308. The van der Waals surface area contributed by atoms with Gasteiger partial charge in [-0.3, -0.25) is 4.79 Å². The van der Waals surface area contributed by atoms with Crippen LogP contribution in [0.25, 0.3) is 0 Å². The highest BCUT2D eigenvalue weighted by molar-refractivity contribution is 6.30. The van der Waals surface area contributed by atoms with Gasteiger partial charge in [-0.25, -0.2) is 0 Å². The second-order valence-electron chi connectivity index (χ2n) is 5.88. The maximum atomic E-state index is 12.1. The van der Waals surface area contributed by atoms with Gasteiger partial charge in [0.15, 0.2) is 0 Å². The van der Waals surface area contributed by atoms with Gasteiger partial charge in [0, 0.05) is 11.4 Å². The van der Waals surface area contributed by atoms with Crippen LogP contribution < -0.4 is 5.32 Å². The van der Waals surface area contributed by atoms with Crippen molar-refractivity contribution >= 4 is 17.5 Å². The summed E-state index contributed by atoms with van der Waals surface area (Å²) in [6.45, 7) is 1.75. The number of aliphatic hydroxyl groups is 2. The van der Waals surface area contributed by atoms with E-state index in [2.05, 4.69) is 5.32 Å². The minimum Gasteiger partial charge on any atom is -0.391 e. The van der Waals surface area contributed by atoms with Crippen LogP contribution in [0.5, 0.6) is 0 Å². The smallest absolute Gasteiger partial charge is 0.223 e. The first-order valence-corrected chi connectivity index (χ1v) is 8.28. The zero-order valence-electron chi connectivity index (χ0n) is 13.5. The lowest BCUT2D eigenvalue weighted by Crippen LogP contribution is -2.42. The van der Waals surface area contributed by atoms with Gasteiger partial charge in [0.1, 0.15) is 0 Å². The summed E-state index contributed by atoms with van der Waals surface area (Å²) in [7, 11) is 0. The average Bonchev–Trinajstić information content (AvgIpc) is 2.56. The Morgan fingerprint density at radius 3 is 2.33 bits per heavy atom. The molecular formula is C19H22ClNO3. The van der Waals surface area contributed by atoms with Gasteiger partial charge in [0.25, 0.3) is 0 Å². The molecule has 0 aliphatic rings. The summed E-state index contributed by atoms with van der Waals surface area (Å²) in [6.07, 6.45) is -1.20. The number of hydrogen-bond donors (Lipinski definition) is 3. The number of halogens is 1. The van der Waals surface area contributed by atoms with Crippen molar-refractivity contribution in [2.45, 2.75) is 38.0 Å². The Morgan fingerprint density at radius 2 is 1.71 bits per heavy atom. The maximum absolute atomic E-state index is 12.1. The van der Waals surface area contributed by atoms with E-state index in [4.69, 9.17) is 11.6 Å². The number of rotatable bonds is 7. The molecule has 2 aromatic rings. The van der Waals surface area contributed by atoms with Crippen LogP contribution in [0.2, 0.25) is 5.02 Å².